The monoisotopic (exact) mass is 249 g/mol. The van der Waals surface area contributed by atoms with Crippen LogP contribution in [0.25, 0.3) is 11.0 Å². The van der Waals surface area contributed by atoms with Crippen molar-refractivity contribution >= 4 is 22.6 Å². The van der Waals surface area contributed by atoms with Crippen LogP contribution in [-0.4, -0.2) is 16.1 Å². The van der Waals surface area contributed by atoms with Gasteiger partial charge in [-0.05, 0) is 44.0 Å². The van der Waals surface area contributed by atoms with Crippen LogP contribution in [-0.2, 0) is 7.05 Å². The second-order valence-electron chi connectivity index (χ2n) is 4.79. The molecule has 0 spiro atoms. The molecule has 1 N–H and O–H groups in total. The van der Waals surface area contributed by atoms with Crippen LogP contribution < -0.4 is 5.32 Å². The molecule has 1 fully saturated rings. The number of fused-ring (bicyclic) bond motifs is 1. The second-order valence-corrected chi connectivity index (χ2v) is 5.20. The standard InChI is InChI=1S/C13H16ClN3/c1-8-6-9(14)12-11(7-8)16-13(17(12)2)10-4-3-5-15-10/h6-7,10,15H,3-5H2,1-2H3. The summed E-state index contributed by atoms with van der Waals surface area (Å²) in [6.45, 7) is 3.13. The molecule has 0 saturated carbocycles. The minimum absolute atomic E-state index is 0.378. The summed E-state index contributed by atoms with van der Waals surface area (Å²) < 4.78 is 2.13. The summed E-state index contributed by atoms with van der Waals surface area (Å²) in [6, 6.07) is 4.47. The van der Waals surface area contributed by atoms with Crippen molar-refractivity contribution in [1.82, 2.24) is 14.9 Å². The van der Waals surface area contributed by atoms with Crippen LogP contribution in [0.4, 0.5) is 0 Å². The maximum absolute atomic E-state index is 6.31. The van der Waals surface area contributed by atoms with E-state index in [-0.39, 0.29) is 0 Å². The quantitative estimate of drug-likeness (QED) is 0.842. The third kappa shape index (κ3) is 1.74. The molecular weight excluding hydrogens is 234 g/mol. The van der Waals surface area contributed by atoms with E-state index in [0.717, 1.165) is 40.4 Å². The molecule has 1 aliphatic heterocycles. The van der Waals surface area contributed by atoms with E-state index in [4.69, 9.17) is 16.6 Å². The number of aryl methyl sites for hydroxylation is 2. The maximum Gasteiger partial charge on any atom is 0.126 e. The number of aromatic nitrogens is 2. The zero-order valence-electron chi connectivity index (χ0n) is 10.1. The number of hydrogen-bond donors (Lipinski definition) is 1. The van der Waals surface area contributed by atoms with Gasteiger partial charge in [0.25, 0.3) is 0 Å². The molecule has 1 atom stereocenters. The Balaban J connectivity index is 2.20. The highest BCUT2D eigenvalue weighted by Gasteiger charge is 2.22. The Morgan fingerprint density at radius 3 is 3.00 bits per heavy atom. The Kier molecular flexibility index (Phi) is 2.60. The minimum atomic E-state index is 0.378. The molecule has 3 rings (SSSR count). The van der Waals surface area contributed by atoms with Gasteiger partial charge in [-0.15, -0.1) is 0 Å². The van der Waals surface area contributed by atoms with Gasteiger partial charge in [0.05, 0.1) is 22.1 Å². The van der Waals surface area contributed by atoms with Gasteiger partial charge in [-0.25, -0.2) is 4.98 Å². The Hall–Kier alpha value is -1.06. The smallest absolute Gasteiger partial charge is 0.126 e. The molecule has 1 aliphatic rings. The average Bonchev–Trinajstić information content (AvgIpc) is 2.85. The van der Waals surface area contributed by atoms with Gasteiger partial charge in [-0.2, -0.15) is 0 Å². The van der Waals surface area contributed by atoms with E-state index in [0.29, 0.717) is 6.04 Å². The highest BCUT2D eigenvalue weighted by Crippen LogP contribution is 2.30. The van der Waals surface area contributed by atoms with Crippen molar-refractivity contribution < 1.29 is 0 Å². The summed E-state index contributed by atoms with van der Waals surface area (Å²) >= 11 is 6.31. The van der Waals surface area contributed by atoms with Gasteiger partial charge in [0.1, 0.15) is 5.82 Å². The van der Waals surface area contributed by atoms with E-state index in [9.17, 15) is 0 Å². The minimum Gasteiger partial charge on any atom is -0.329 e. The molecule has 4 heteroatoms. The van der Waals surface area contributed by atoms with Gasteiger partial charge >= 0.3 is 0 Å². The molecular formula is C13H16ClN3. The van der Waals surface area contributed by atoms with Crippen molar-refractivity contribution in [2.75, 3.05) is 6.54 Å². The lowest BCUT2D eigenvalue weighted by atomic mass is 10.2. The molecule has 3 nitrogen and oxygen atoms in total. The van der Waals surface area contributed by atoms with E-state index in [1.54, 1.807) is 0 Å². The predicted molar refractivity (Wildman–Crippen MR) is 70.4 cm³/mol. The van der Waals surface area contributed by atoms with Crippen LogP contribution in [0.5, 0.6) is 0 Å². The van der Waals surface area contributed by atoms with Crippen LogP contribution in [0.15, 0.2) is 12.1 Å². The lowest BCUT2D eigenvalue weighted by Crippen LogP contribution is -2.16. The molecule has 1 aromatic heterocycles. The summed E-state index contributed by atoms with van der Waals surface area (Å²) in [7, 11) is 2.05. The fourth-order valence-corrected chi connectivity index (χ4v) is 3.06. The van der Waals surface area contributed by atoms with Gasteiger partial charge in [-0.1, -0.05) is 11.6 Å². The second kappa shape index (κ2) is 4.00. The molecule has 2 heterocycles. The Labute approximate surface area is 106 Å². The first-order chi connectivity index (χ1) is 8.16. The molecule has 1 saturated heterocycles. The number of halogens is 1. The first-order valence-electron chi connectivity index (χ1n) is 6.02. The first-order valence-corrected chi connectivity index (χ1v) is 6.40. The molecule has 1 aromatic carbocycles. The number of benzene rings is 1. The number of nitrogens with zero attached hydrogens (tertiary/aromatic N) is 2. The average molecular weight is 250 g/mol. The predicted octanol–water partition coefficient (Wildman–Crippen LogP) is 2.96. The molecule has 0 amide bonds. The Bertz CT molecular complexity index is 568. The van der Waals surface area contributed by atoms with Crippen molar-refractivity contribution in [2.45, 2.75) is 25.8 Å². The number of nitrogens with one attached hydrogen (secondary N) is 1. The van der Waals surface area contributed by atoms with E-state index in [2.05, 4.69) is 16.0 Å². The Morgan fingerprint density at radius 2 is 2.29 bits per heavy atom. The topological polar surface area (TPSA) is 29.9 Å². The molecule has 0 aliphatic carbocycles. The van der Waals surface area contributed by atoms with Crippen molar-refractivity contribution in [3.05, 3.63) is 28.5 Å². The van der Waals surface area contributed by atoms with Crippen molar-refractivity contribution in [2.24, 2.45) is 7.05 Å². The van der Waals surface area contributed by atoms with Gasteiger partial charge in [0, 0.05) is 7.05 Å². The van der Waals surface area contributed by atoms with E-state index in [1.165, 1.54) is 6.42 Å². The van der Waals surface area contributed by atoms with E-state index >= 15 is 0 Å². The molecule has 90 valence electrons. The van der Waals surface area contributed by atoms with Crippen LogP contribution in [0.3, 0.4) is 0 Å². The summed E-state index contributed by atoms with van der Waals surface area (Å²) in [4.78, 5) is 4.73. The highest BCUT2D eigenvalue weighted by molar-refractivity contribution is 6.35. The van der Waals surface area contributed by atoms with Crippen molar-refractivity contribution in [3.63, 3.8) is 0 Å². The summed E-state index contributed by atoms with van der Waals surface area (Å²) in [5.74, 6) is 1.10. The number of hydrogen-bond acceptors (Lipinski definition) is 2. The Morgan fingerprint density at radius 1 is 1.47 bits per heavy atom. The van der Waals surface area contributed by atoms with Gasteiger partial charge in [-0.3, -0.25) is 0 Å². The molecule has 0 bridgehead atoms. The summed E-state index contributed by atoms with van der Waals surface area (Å²) in [5, 5.41) is 4.27. The van der Waals surface area contributed by atoms with Gasteiger partial charge in [0.2, 0.25) is 0 Å². The first kappa shape index (κ1) is 11.1. The van der Waals surface area contributed by atoms with Crippen molar-refractivity contribution in [1.29, 1.82) is 0 Å². The largest absolute Gasteiger partial charge is 0.329 e. The lowest BCUT2D eigenvalue weighted by Gasteiger charge is -2.10. The van der Waals surface area contributed by atoms with Gasteiger partial charge < -0.3 is 9.88 Å². The molecule has 2 aromatic rings. The van der Waals surface area contributed by atoms with E-state index in [1.807, 2.05) is 20.0 Å². The number of rotatable bonds is 1. The van der Waals surface area contributed by atoms with Gasteiger partial charge in [0.15, 0.2) is 0 Å². The fraction of sp³-hybridized carbons (Fsp3) is 0.462. The maximum atomic E-state index is 6.31. The highest BCUT2D eigenvalue weighted by atomic mass is 35.5. The third-order valence-corrected chi connectivity index (χ3v) is 3.76. The van der Waals surface area contributed by atoms with Crippen LogP contribution in [0.1, 0.15) is 30.3 Å². The fourth-order valence-electron chi connectivity index (χ4n) is 2.66. The number of imidazole rings is 1. The zero-order valence-corrected chi connectivity index (χ0v) is 10.9. The zero-order chi connectivity index (χ0) is 12.0. The molecule has 0 radical (unpaired) electrons. The van der Waals surface area contributed by atoms with Crippen LogP contribution >= 0.6 is 11.6 Å². The third-order valence-electron chi connectivity index (χ3n) is 3.47. The van der Waals surface area contributed by atoms with Crippen LogP contribution in [0, 0.1) is 6.92 Å². The summed E-state index contributed by atoms with van der Waals surface area (Å²) in [6.07, 6.45) is 2.38. The normalized spacial score (nSPS) is 20.3. The molecule has 1 unspecified atom stereocenters. The van der Waals surface area contributed by atoms with Crippen LogP contribution in [0.2, 0.25) is 5.02 Å². The molecule has 17 heavy (non-hydrogen) atoms. The van der Waals surface area contributed by atoms with Crippen molar-refractivity contribution in [3.8, 4) is 0 Å². The SMILES string of the molecule is Cc1cc(Cl)c2c(c1)nc(C1CCCN1)n2C. The van der Waals surface area contributed by atoms with E-state index < -0.39 is 0 Å². The summed E-state index contributed by atoms with van der Waals surface area (Å²) in [5.41, 5.74) is 3.20. The lowest BCUT2D eigenvalue weighted by molar-refractivity contribution is 0.584.